The molecule has 84 valence electrons. The van der Waals surface area contributed by atoms with Crippen LogP contribution in [0.1, 0.15) is 49.6 Å². The number of aryl methyl sites for hydroxylation is 1. The number of hydrogen-bond donors (Lipinski definition) is 1. The monoisotopic (exact) mass is 208 g/mol. The molecule has 1 aliphatic rings. The number of nitrogens with zero attached hydrogens (tertiary/aromatic N) is 1. The second-order valence-corrected chi connectivity index (χ2v) is 4.23. The summed E-state index contributed by atoms with van der Waals surface area (Å²) in [5, 5.41) is 7.50. The molecule has 0 atom stereocenters. The van der Waals surface area contributed by atoms with Crippen LogP contribution in [0.5, 0.6) is 0 Å². The van der Waals surface area contributed by atoms with Crippen molar-refractivity contribution in [3.05, 3.63) is 17.0 Å². The Balaban J connectivity index is 2.11. The summed E-state index contributed by atoms with van der Waals surface area (Å²) in [5.41, 5.74) is 2.52. The van der Waals surface area contributed by atoms with Gasteiger partial charge in [-0.25, -0.2) is 0 Å². The lowest BCUT2D eigenvalue weighted by Gasteiger charge is -2.08. The highest BCUT2D eigenvalue weighted by Crippen LogP contribution is 2.22. The Bertz CT molecular complexity index is 307. The quantitative estimate of drug-likeness (QED) is 0.829. The molecular formula is C12H20N2O. The van der Waals surface area contributed by atoms with Crippen LogP contribution >= 0.6 is 0 Å². The molecule has 3 heteroatoms. The Morgan fingerprint density at radius 3 is 2.80 bits per heavy atom. The first kappa shape index (κ1) is 10.7. The van der Waals surface area contributed by atoms with Crippen LogP contribution in [-0.2, 0) is 19.4 Å². The van der Waals surface area contributed by atoms with Gasteiger partial charge in [0.15, 0.2) is 0 Å². The minimum atomic E-state index is 0.856. The summed E-state index contributed by atoms with van der Waals surface area (Å²) >= 11 is 0. The average molecular weight is 208 g/mol. The zero-order valence-corrected chi connectivity index (χ0v) is 9.51. The van der Waals surface area contributed by atoms with Gasteiger partial charge in [-0.15, -0.1) is 0 Å². The minimum absolute atomic E-state index is 0.856. The SMILES string of the molecule is CCNCc1noc2c1CCCCCC2. The maximum atomic E-state index is 5.43. The first-order valence-electron chi connectivity index (χ1n) is 6.09. The molecule has 0 radical (unpaired) electrons. The van der Waals surface area contributed by atoms with Crippen molar-refractivity contribution >= 4 is 0 Å². The second kappa shape index (κ2) is 5.31. The van der Waals surface area contributed by atoms with Crippen LogP contribution in [-0.4, -0.2) is 11.7 Å². The van der Waals surface area contributed by atoms with Crippen molar-refractivity contribution in [2.45, 2.75) is 52.0 Å². The summed E-state index contributed by atoms with van der Waals surface area (Å²) in [6.07, 6.45) is 7.46. The number of aromatic nitrogens is 1. The molecule has 1 N–H and O–H groups in total. The molecule has 15 heavy (non-hydrogen) atoms. The fraction of sp³-hybridized carbons (Fsp3) is 0.750. The first-order chi connectivity index (χ1) is 7.42. The molecule has 1 aliphatic carbocycles. The predicted molar refractivity (Wildman–Crippen MR) is 59.8 cm³/mol. The first-order valence-corrected chi connectivity index (χ1v) is 6.09. The fourth-order valence-electron chi connectivity index (χ4n) is 2.18. The van der Waals surface area contributed by atoms with Crippen molar-refractivity contribution in [3.63, 3.8) is 0 Å². The van der Waals surface area contributed by atoms with Crippen LogP contribution in [0.4, 0.5) is 0 Å². The van der Waals surface area contributed by atoms with Gasteiger partial charge in [0.1, 0.15) is 11.5 Å². The summed E-state index contributed by atoms with van der Waals surface area (Å²) in [6.45, 7) is 3.96. The van der Waals surface area contributed by atoms with Crippen molar-refractivity contribution in [3.8, 4) is 0 Å². The third-order valence-electron chi connectivity index (χ3n) is 3.07. The normalized spacial score (nSPS) is 16.9. The van der Waals surface area contributed by atoms with Gasteiger partial charge in [0, 0.05) is 18.5 Å². The average Bonchev–Trinajstić information content (AvgIpc) is 2.57. The largest absolute Gasteiger partial charge is 0.361 e. The summed E-state index contributed by atoms with van der Waals surface area (Å²) in [4.78, 5) is 0. The smallest absolute Gasteiger partial charge is 0.140 e. The maximum Gasteiger partial charge on any atom is 0.140 e. The number of fused-ring (bicyclic) bond motifs is 1. The Hall–Kier alpha value is -0.830. The zero-order valence-electron chi connectivity index (χ0n) is 9.51. The molecule has 0 aromatic carbocycles. The van der Waals surface area contributed by atoms with Gasteiger partial charge in [-0.1, -0.05) is 24.9 Å². The lowest BCUT2D eigenvalue weighted by Crippen LogP contribution is -2.13. The summed E-state index contributed by atoms with van der Waals surface area (Å²) in [5.74, 6) is 1.14. The van der Waals surface area contributed by atoms with Crippen LogP contribution in [0.3, 0.4) is 0 Å². The molecule has 0 spiro atoms. The molecule has 0 unspecified atom stereocenters. The highest BCUT2D eigenvalue weighted by atomic mass is 16.5. The molecular weight excluding hydrogens is 188 g/mol. The van der Waals surface area contributed by atoms with Crippen molar-refractivity contribution < 1.29 is 4.52 Å². The van der Waals surface area contributed by atoms with Gasteiger partial charge >= 0.3 is 0 Å². The summed E-state index contributed by atoms with van der Waals surface area (Å²) < 4.78 is 5.43. The van der Waals surface area contributed by atoms with Crippen LogP contribution in [0, 0.1) is 0 Å². The van der Waals surface area contributed by atoms with E-state index in [-0.39, 0.29) is 0 Å². The van der Waals surface area contributed by atoms with E-state index in [1.165, 1.54) is 31.2 Å². The van der Waals surface area contributed by atoms with Crippen LogP contribution in [0.25, 0.3) is 0 Å². The third-order valence-corrected chi connectivity index (χ3v) is 3.07. The topological polar surface area (TPSA) is 38.1 Å². The van der Waals surface area contributed by atoms with E-state index in [4.69, 9.17) is 4.52 Å². The molecule has 0 saturated heterocycles. The standard InChI is InChI=1S/C12H20N2O/c1-2-13-9-11-10-7-5-3-4-6-8-12(10)15-14-11/h13H,2-9H2,1H3. The van der Waals surface area contributed by atoms with E-state index >= 15 is 0 Å². The number of rotatable bonds is 3. The highest BCUT2D eigenvalue weighted by molar-refractivity contribution is 5.23. The van der Waals surface area contributed by atoms with E-state index in [1.807, 2.05) is 0 Å². The molecule has 3 nitrogen and oxygen atoms in total. The van der Waals surface area contributed by atoms with E-state index in [0.717, 1.165) is 37.4 Å². The highest BCUT2D eigenvalue weighted by Gasteiger charge is 2.16. The van der Waals surface area contributed by atoms with Gasteiger partial charge in [-0.2, -0.15) is 0 Å². The van der Waals surface area contributed by atoms with Gasteiger partial charge < -0.3 is 9.84 Å². The molecule has 0 fully saturated rings. The molecule has 1 aromatic rings. The molecule has 2 rings (SSSR count). The van der Waals surface area contributed by atoms with E-state index < -0.39 is 0 Å². The van der Waals surface area contributed by atoms with Crippen LogP contribution in [0.15, 0.2) is 4.52 Å². The lowest BCUT2D eigenvalue weighted by atomic mass is 9.97. The molecule has 1 heterocycles. The molecule has 0 bridgehead atoms. The Morgan fingerprint density at radius 1 is 1.20 bits per heavy atom. The minimum Gasteiger partial charge on any atom is -0.361 e. The van der Waals surface area contributed by atoms with Gasteiger partial charge in [-0.3, -0.25) is 0 Å². The van der Waals surface area contributed by atoms with E-state index in [0.29, 0.717) is 0 Å². The summed E-state index contributed by atoms with van der Waals surface area (Å²) in [7, 11) is 0. The van der Waals surface area contributed by atoms with Gasteiger partial charge in [0.25, 0.3) is 0 Å². The third kappa shape index (κ3) is 2.59. The number of nitrogens with one attached hydrogen (secondary N) is 1. The van der Waals surface area contributed by atoms with Crippen LogP contribution in [0.2, 0.25) is 0 Å². The van der Waals surface area contributed by atoms with E-state index in [1.54, 1.807) is 0 Å². The van der Waals surface area contributed by atoms with Crippen LogP contribution < -0.4 is 5.32 Å². The Kier molecular flexibility index (Phi) is 3.78. The van der Waals surface area contributed by atoms with E-state index in [2.05, 4.69) is 17.4 Å². The maximum absolute atomic E-state index is 5.43. The van der Waals surface area contributed by atoms with Crippen molar-refractivity contribution in [1.29, 1.82) is 0 Å². The second-order valence-electron chi connectivity index (χ2n) is 4.23. The Morgan fingerprint density at radius 2 is 2.00 bits per heavy atom. The molecule has 0 amide bonds. The zero-order chi connectivity index (χ0) is 10.5. The molecule has 1 aromatic heterocycles. The Labute approximate surface area is 91.2 Å². The molecule has 0 aliphatic heterocycles. The number of hydrogen-bond acceptors (Lipinski definition) is 3. The predicted octanol–water partition coefficient (Wildman–Crippen LogP) is 2.44. The van der Waals surface area contributed by atoms with Gasteiger partial charge in [0.2, 0.25) is 0 Å². The van der Waals surface area contributed by atoms with E-state index in [9.17, 15) is 0 Å². The summed E-state index contributed by atoms with van der Waals surface area (Å²) in [6, 6.07) is 0. The lowest BCUT2D eigenvalue weighted by molar-refractivity contribution is 0.368. The van der Waals surface area contributed by atoms with Crippen molar-refractivity contribution in [2.24, 2.45) is 0 Å². The molecule has 0 saturated carbocycles. The fourth-order valence-corrected chi connectivity index (χ4v) is 2.18. The van der Waals surface area contributed by atoms with Crippen molar-refractivity contribution in [1.82, 2.24) is 10.5 Å². The van der Waals surface area contributed by atoms with Gasteiger partial charge in [0.05, 0.1) is 0 Å². The van der Waals surface area contributed by atoms with Gasteiger partial charge in [-0.05, 0) is 25.8 Å². The van der Waals surface area contributed by atoms with Crippen molar-refractivity contribution in [2.75, 3.05) is 6.54 Å².